The molecule has 0 unspecified atom stereocenters. The fraction of sp³-hybridized carbons (Fsp3) is 0.133. The van der Waals surface area contributed by atoms with Crippen molar-refractivity contribution in [2.75, 3.05) is 0 Å². The zero-order valence-corrected chi connectivity index (χ0v) is 11.2. The minimum atomic E-state index is -0.461. The molecular formula is C15H13N3O2. The maximum atomic E-state index is 12.1. The summed E-state index contributed by atoms with van der Waals surface area (Å²) in [5.41, 5.74) is 1.36. The van der Waals surface area contributed by atoms with Crippen LogP contribution < -0.4 is 5.56 Å². The predicted molar refractivity (Wildman–Crippen MR) is 76.0 cm³/mol. The summed E-state index contributed by atoms with van der Waals surface area (Å²) in [7, 11) is 0. The van der Waals surface area contributed by atoms with Gasteiger partial charge in [-0.3, -0.25) is 4.79 Å². The zero-order valence-electron chi connectivity index (χ0n) is 11.2. The Morgan fingerprint density at radius 1 is 1.35 bits per heavy atom. The molecule has 0 bridgehead atoms. The highest BCUT2D eigenvalue weighted by Crippen LogP contribution is 2.13. The van der Waals surface area contributed by atoms with Crippen molar-refractivity contribution in [2.45, 2.75) is 13.8 Å². The van der Waals surface area contributed by atoms with Crippen LogP contribution in [-0.2, 0) is 0 Å². The second-order valence-corrected chi connectivity index (χ2v) is 4.38. The van der Waals surface area contributed by atoms with Gasteiger partial charge in [-0.15, -0.1) is 0 Å². The van der Waals surface area contributed by atoms with Gasteiger partial charge in [-0.05, 0) is 37.6 Å². The number of hydrogen-bond acceptors (Lipinski definition) is 4. The largest absolute Gasteiger partial charge is 0.507 e. The molecule has 1 aromatic heterocycles. The molecule has 2 rings (SSSR count). The number of rotatable bonds is 2. The molecule has 0 aliphatic heterocycles. The number of pyridine rings is 1. The first kappa shape index (κ1) is 13.6. The molecule has 2 aromatic rings. The highest BCUT2D eigenvalue weighted by Gasteiger charge is 2.09. The third-order valence-electron chi connectivity index (χ3n) is 2.92. The van der Waals surface area contributed by atoms with Crippen LogP contribution in [0.5, 0.6) is 5.75 Å². The van der Waals surface area contributed by atoms with E-state index in [1.165, 1.54) is 12.3 Å². The summed E-state index contributed by atoms with van der Waals surface area (Å²) in [4.78, 5) is 12.1. The summed E-state index contributed by atoms with van der Waals surface area (Å²) in [6.07, 6.45) is 1.39. The first-order valence-corrected chi connectivity index (χ1v) is 6.00. The van der Waals surface area contributed by atoms with Crippen LogP contribution in [0.15, 0.2) is 40.2 Å². The van der Waals surface area contributed by atoms with E-state index in [9.17, 15) is 9.90 Å². The first-order chi connectivity index (χ1) is 9.54. The van der Waals surface area contributed by atoms with Gasteiger partial charge in [0.15, 0.2) is 0 Å². The summed E-state index contributed by atoms with van der Waals surface area (Å²) >= 11 is 0. The number of nitriles is 1. The number of nitrogens with zero attached hydrogens (tertiary/aromatic N) is 3. The molecule has 1 N–H and O–H groups in total. The Morgan fingerprint density at radius 3 is 2.70 bits per heavy atom. The van der Waals surface area contributed by atoms with Crippen LogP contribution in [-0.4, -0.2) is 16.0 Å². The van der Waals surface area contributed by atoms with Gasteiger partial charge >= 0.3 is 0 Å². The van der Waals surface area contributed by atoms with Crippen LogP contribution >= 0.6 is 0 Å². The first-order valence-electron chi connectivity index (χ1n) is 6.00. The summed E-state index contributed by atoms with van der Waals surface area (Å²) < 4.78 is 1.15. The Balaban J connectivity index is 2.53. The highest BCUT2D eigenvalue weighted by atomic mass is 16.3. The molecule has 0 aliphatic carbocycles. The van der Waals surface area contributed by atoms with Crippen molar-refractivity contribution in [1.29, 1.82) is 5.26 Å². The molecule has 1 heterocycles. The van der Waals surface area contributed by atoms with Crippen molar-refractivity contribution < 1.29 is 5.11 Å². The van der Waals surface area contributed by atoms with Gasteiger partial charge < -0.3 is 5.11 Å². The molecule has 0 atom stereocenters. The number of phenols is 1. The molecule has 0 aliphatic rings. The molecule has 100 valence electrons. The quantitative estimate of drug-likeness (QED) is 0.844. The lowest BCUT2D eigenvalue weighted by atomic mass is 10.1. The Bertz CT molecular complexity index is 783. The zero-order chi connectivity index (χ0) is 14.7. The molecule has 0 amide bonds. The number of hydrogen-bond donors (Lipinski definition) is 1. The van der Waals surface area contributed by atoms with Crippen LogP contribution in [0.2, 0.25) is 0 Å². The molecule has 0 saturated heterocycles. The van der Waals surface area contributed by atoms with E-state index in [1.54, 1.807) is 38.1 Å². The monoisotopic (exact) mass is 267 g/mol. The van der Waals surface area contributed by atoms with Gasteiger partial charge in [-0.2, -0.15) is 10.4 Å². The smallest absolute Gasteiger partial charge is 0.289 e. The standard InChI is InChI=1S/C15H13N3O2/c1-10-7-11(2)18(15(20)13(10)8-16)17-9-12-5-3-4-6-14(12)19/h3-7,9,19H,1-2H3. The molecule has 5 nitrogen and oxygen atoms in total. The summed E-state index contributed by atoms with van der Waals surface area (Å²) in [6, 6.07) is 10.3. The van der Waals surface area contributed by atoms with Gasteiger partial charge in [0.1, 0.15) is 17.4 Å². The third-order valence-corrected chi connectivity index (χ3v) is 2.92. The summed E-state index contributed by atoms with van der Waals surface area (Å²) in [5.74, 6) is 0.0783. The molecule has 5 heteroatoms. The van der Waals surface area contributed by atoms with Crippen LogP contribution in [0.4, 0.5) is 0 Å². The number of benzene rings is 1. The Morgan fingerprint density at radius 2 is 2.05 bits per heavy atom. The van der Waals surface area contributed by atoms with Crippen LogP contribution in [0.25, 0.3) is 0 Å². The number of aromatic hydroxyl groups is 1. The van der Waals surface area contributed by atoms with E-state index >= 15 is 0 Å². The minimum Gasteiger partial charge on any atom is -0.507 e. The molecule has 20 heavy (non-hydrogen) atoms. The lowest BCUT2D eigenvalue weighted by Crippen LogP contribution is -2.22. The molecule has 0 fully saturated rings. The van der Waals surface area contributed by atoms with Gasteiger partial charge in [0, 0.05) is 11.3 Å². The number of phenolic OH excluding ortho intramolecular Hbond substituents is 1. The van der Waals surface area contributed by atoms with E-state index in [-0.39, 0.29) is 11.3 Å². The van der Waals surface area contributed by atoms with Crippen LogP contribution in [0.3, 0.4) is 0 Å². The normalized spacial score (nSPS) is 10.7. The summed E-state index contributed by atoms with van der Waals surface area (Å²) in [6.45, 7) is 3.45. The molecule has 0 saturated carbocycles. The number of para-hydroxylation sites is 1. The fourth-order valence-electron chi connectivity index (χ4n) is 1.88. The lowest BCUT2D eigenvalue weighted by Gasteiger charge is -2.06. The van der Waals surface area contributed by atoms with Crippen molar-refractivity contribution in [2.24, 2.45) is 5.10 Å². The van der Waals surface area contributed by atoms with E-state index in [2.05, 4.69) is 5.10 Å². The average Bonchev–Trinajstić information content (AvgIpc) is 2.40. The lowest BCUT2D eigenvalue weighted by molar-refractivity contribution is 0.474. The summed E-state index contributed by atoms with van der Waals surface area (Å²) in [5, 5.41) is 22.7. The van der Waals surface area contributed by atoms with Crippen LogP contribution in [0.1, 0.15) is 22.4 Å². The Kier molecular flexibility index (Phi) is 3.67. The van der Waals surface area contributed by atoms with Crippen molar-refractivity contribution in [1.82, 2.24) is 4.68 Å². The van der Waals surface area contributed by atoms with E-state index in [0.29, 0.717) is 16.8 Å². The Hall–Kier alpha value is -2.87. The van der Waals surface area contributed by atoms with E-state index in [4.69, 9.17) is 5.26 Å². The minimum absolute atomic E-state index is 0.0741. The van der Waals surface area contributed by atoms with Gasteiger partial charge in [-0.25, -0.2) is 4.68 Å². The number of aromatic nitrogens is 1. The fourth-order valence-corrected chi connectivity index (χ4v) is 1.88. The maximum absolute atomic E-state index is 12.1. The van der Waals surface area contributed by atoms with E-state index < -0.39 is 5.56 Å². The highest BCUT2D eigenvalue weighted by molar-refractivity contribution is 5.83. The molecular weight excluding hydrogens is 254 g/mol. The predicted octanol–water partition coefficient (Wildman–Crippen LogP) is 1.92. The van der Waals surface area contributed by atoms with Crippen molar-refractivity contribution in [3.8, 4) is 11.8 Å². The van der Waals surface area contributed by atoms with E-state index in [1.807, 2.05) is 6.07 Å². The number of aryl methyl sites for hydroxylation is 2. The molecule has 0 spiro atoms. The second-order valence-electron chi connectivity index (χ2n) is 4.38. The third kappa shape index (κ3) is 2.45. The van der Waals surface area contributed by atoms with Gasteiger partial charge in [-0.1, -0.05) is 12.1 Å². The van der Waals surface area contributed by atoms with Crippen molar-refractivity contribution in [3.05, 3.63) is 63.1 Å². The molecule has 0 radical (unpaired) electrons. The van der Waals surface area contributed by atoms with Gasteiger partial charge in [0.05, 0.1) is 6.21 Å². The average molecular weight is 267 g/mol. The topological polar surface area (TPSA) is 78.4 Å². The van der Waals surface area contributed by atoms with E-state index in [0.717, 1.165) is 4.68 Å². The van der Waals surface area contributed by atoms with Gasteiger partial charge in [0.25, 0.3) is 5.56 Å². The Labute approximate surface area is 116 Å². The second kappa shape index (κ2) is 5.41. The van der Waals surface area contributed by atoms with Crippen LogP contribution in [0, 0.1) is 25.2 Å². The van der Waals surface area contributed by atoms with Crippen molar-refractivity contribution in [3.63, 3.8) is 0 Å². The van der Waals surface area contributed by atoms with Crippen molar-refractivity contribution >= 4 is 6.21 Å². The SMILES string of the molecule is Cc1cc(C)n(N=Cc2ccccc2O)c(=O)c1C#N. The molecule has 1 aromatic carbocycles. The maximum Gasteiger partial charge on any atom is 0.289 e. The van der Waals surface area contributed by atoms with Gasteiger partial charge in [0.2, 0.25) is 0 Å².